The van der Waals surface area contributed by atoms with Gasteiger partial charge < -0.3 is 9.30 Å². The van der Waals surface area contributed by atoms with Gasteiger partial charge in [0.05, 0.1) is 28.8 Å². The summed E-state index contributed by atoms with van der Waals surface area (Å²) in [7, 11) is -1.91. The number of pyridine rings is 1. The summed E-state index contributed by atoms with van der Waals surface area (Å²) in [5.74, 6) is 0.516. The van der Waals surface area contributed by atoms with Crippen LogP contribution in [-0.4, -0.2) is 57.1 Å². The van der Waals surface area contributed by atoms with Crippen LogP contribution in [0.15, 0.2) is 36.9 Å². The Morgan fingerprint density at radius 3 is 2.53 bits per heavy atom. The Morgan fingerprint density at radius 2 is 1.94 bits per heavy atom. The molecule has 0 unspecified atom stereocenters. The summed E-state index contributed by atoms with van der Waals surface area (Å²) in [6, 6.07) is 3.72. The average Bonchev–Trinajstić information content (AvgIpc) is 3.44. The first kappa shape index (κ1) is 22.5. The summed E-state index contributed by atoms with van der Waals surface area (Å²) < 4.78 is 34.2. The maximum absolute atomic E-state index is 13.4. The minimum absolute atomic E-state index is 0.212. The number of sulfone groups is 1. The molecule has 3 heterocycles. The molecule has 1 fully saturated rings. The normalized spacial score (nSPS) is 17.1. The Balaban J connectivity index is 1.68. The van der Waals surface area contributed by atoms with Crippen LogP contribution in [0.3, 0.4) is 0 Å². The molecule has 0 bridgehead atoms. The minimum atomic E-state index is -3.56. The molecule has 1 aliphatic carbocycles. The second-order valence-corrected chi connectivity index (χ2v) is 10.9. The molecule has 3 aromatic rings. The number of aromatic nitrogens is 6. The predicted molar refractivity (Wildman–Crippen MR) is 120 cm³/mol. The van der Waals surface area contributed by atoms with Gasteiger partial charge in [0.25, 0.3) is 0 Å². The van der Waals surface area contributed by atoms with Crippen LogP contribution in [0.2, 0.25) is 0 Å². The fraction of sp³-hybridized carbons (Fsp3) is 0.500. The van der Waals surface area contributed by atoms with Crippen molar-refractivity contribution >= 4 is 9.84 Å². The van der Waals surface area contributed by atoms with Crippen LogP contribution in [0.25, 0.3) is 11.4 Å². The standard InChI is InChI=1S/C22H28N6O3S/c1-15-10-25-19(12-24-15)16(2)17(3)32(29,30)13-20-26-27-21(18-6-5-9-23-11-18)28(20)22(7-8-22)14-31-4/h5-6,9-12,16-17H,7-8,13-14H2,1-4H3/t16-,17-/m0/s1. The fourth-order valence-electron chi connectivity index (χ4n) is 3.94. The molecule has 0 N–H and O–H groups in total. The molecule has 0 amide bonds. The van der Waals surface area contributed by atoms with Crippen molar-refractivity contribution < 1.29 is 13.2 Å². The van der Waals surface area contributed by atoms with Gasteiger partial charge in [0.15, 0.2) is 15.7 Å². The molecule has 1 saturated carbocycles. The van der Waals surface area contributed by atoms with Crippen molar-refractivity contribution in [3.8, 4) is 11.4 Å². The van der Waals surface area contributed by atoms with Crippen LogP contribution in [0.4, 0.5) is 0 Å². The van der Waals surface area contributed by atoms with Crippen molar-refractivity contribution in [1.29, 1.82) is 0 Å². The van der Waals surface area contributed by atoms with E-state index in [0.29, 0.717) is 23.9 Å². The van der Waals surface area contributed by atoms with Crippen LogP contribution in [0, 0.1) is 6.92 Å². The molecule has 0 aliphatic heterocycles. The van der Waals surface area contributed by atoms with Gasteiger partial charge in [-0.1, -0.05) is 6.92 Å². The molecule has 0 aromatic carbocycles. The Hall–Kier alpha value is -2.72. The number of aryl methyl sites for hydroxylation is 1. The maximum Gasteiger partial charge on any atom is 0.166 e. The minimum Gasteiger partial charge on any atom is -0.382 e. The van der Waals surface area contributed by atoms with E-state index in [1.807, 2.05) is 30.5 Å². The van der Waals surface area contributed by atoms with Crippen molar-refractivity contribution in [2.45, 2.75) is 56.1 Å². The molecule has 4 rings (SSSR count). The SMILES string of the molecule is COCC1(n2c(CS(=O)(=O)[C@@H](C)[C@H](C)c3cnc(C)cn3)nnc2-c2cccnc2)CC1. The topological polar surface area (TPSA) is 113 Å². The van der Waals surface area contributed by atoms with Gasteiger partial charge in [0.1, 0.15) is 11.6 Å². The Kier molecular flexibility index (Phi) is 6.09. The van der Waals surface area contributed by atoms with Crippen LogP contribution in [0.5, 0.6) is 0 Å². The number of hydrogen-bond donors (Lipinski definition) is 0. The van der Waals surface area contributed by atoms with Gasteiger partial charge in [-0.25, -0.2) is 8.42 Å². The molecule has 0 radical (unpaired) electrons. The summed E-state index contributed by atoms with van der Waals surface area (Å²) >= 11 is 0. The number of methoxy groups -OCH3 is 1. The fourth-order valence-corrected chi connectivity index (χ4v) is 5.51. The van der Waals surface area contributed by atoms with Crippen LogP contribution < -0.4 is 0 Å². The van der Waals surface area contributed by atoms with Gasteiger partial charge in [-0.3, -0.25) is 15.0 Å². The third-order valence-corrected chi connectivity index (χ3v) is 8.43. The van der Waals surface area contributed by atoms with E-state index in [-0.39, 0.29) is 17.2 Å². The van der Waals surface area contributed by atoms with Crippen molar-refractivity contribution in [2.24, 2.45) is 0 Å². The number of ether oxygens (including phenoxy) is 1. The molecule has 1 aliphatic rings. The first-order valence-electron chi connectivity index (χ1n) is 10.6. The first-order chi connectivity index (χ1) is 15.3. The molecule has 9 nitrogen and oxygen atoms in total. The lowest BCUT2D eigenvalue weighted by Crippen LogP contribution is -2.30. The van der Waals surface area contributed by atoms with E-state index in [2.05, 4.69) is 25.1 Å². The third-order valence-electron chi connectivity index (χ3n) is 6.23. The predicted octanol–water partition coefficient (Wildman–Crippen LogP) is 2.68. The van der Waals surface area contributed by atoms with Crippen molar-refractivity contribution in [2.75, 3.05) is 13.7 Å². The van der Waals surface area contributed by atoms with E-state index in [1.165, 1.54) is 0 Å². The highest BCUT2D eigenvalue weighted by Crippen LogP contribution is 2.46. The molecule has 0 saturated heterocycles. The summed E-state index contributed by atoms with van der Waals surface area (Å²) in [4.78, 5) is 12.8. The third kappa shape index (κ3) is 4.29. The van der Waals surface area contributed by atoms with Crippen LogP contribution >= 0.6 is 0 Å². The summed E-state index contributed by atoms with van der Waals surface area (Å²) in [6.45, 7) is 5.89. The van der Waals surface area contributed by atoms with Crippen LogP contribution in [0.1, 0.15) is 49.8 Å². The molecule has 0 spiro atoms. The molecular weight excluding hydrogens is 428 g/mol. The van der Waals surface area contributed by atoms with Gasteiger partial charge in [-0.05, 0) is 38.8 Å². The first-order valence-corrected chi connectivity index (χ1v) is 12.3. The number of hydrogen-bond acceptors (Lipinski definition) is 8. The molecule has 3 aromatic heterocycles. The zero-order chi connectivity index (χ0) is 22.9. The van der Waals surface area contributed by atoms with E-state index in [9.17, 15) is 8.42 Å². The van der Waals surface area contributed by atoms with Gasteiger partial charge in [0, 0.05) is 43.4 Å². The zero-order valence-electron chi connectivity index (χ0n) is 18.8. The van der Waals surface area contributed by atoms with Gasteiger partial charge in [-0.2, -0.15) is 0 Å². The average molecular weight is 457 g/mol. The highest BCUT2D eigenvalue weighted by Gasteiger charge is 2.48. The molecule has 10 heteroatoms. The Labute approximate surface area is 188 Å². The van der Waals surface area contributed by atoms with Crippen molar-refractivity contribution in [3.63, 3.8) is 0 Å². The van der Waals surface area contributed by atoms with Gasteiger partial charge in [-0.15, -0.1) is 10.2 Å². The van der Waals surface area contributed by atoms with Crippen molar-refractivity contribution in [3.05, 3.63) is 54.1 Å². The quantitative estimate of drug-likeness (QED) is 0.483. The monoisotopic (exact) mass is 456 g/mol. The lowest BCUT2D eigenvalue weighted by atomic mass is 10.1. The number of rotatable bonds is 9. The van der Waals surface area contributed by atoms with Crippen LogP contribution in [-0.2, 0) is 25.9 Å². The van der Waals surface area contributed by atoms with E-state index < -0.39 is 15.1 Å². The lowest BCUT2D eigenvalue weighted by molar-refractivity contribution is 0.143. The molecular formula is C22H28N6O3S. The van der Waals surface area contributed by atoms with E-state index >= 15 is 0 Å². The van der Waals surface area contributed by atoms with Gasteiger partial charge >= 0.3 is 0 Å². The number of nitrogens with zero attached hydrogens (tertiary/aromatic N) is 6. The Bertz CT molecular complexity index is 1170. The van der Waals surface area contributed by atoms with Gasteiger partial charge in [0.2, 0.25) is 0 Å². The zero-order valence-corrected chi connectivity index (χ0v) is 19.6. The maximum atomic E-state index is 13.4. The van der Waals surface area contributed by atoms with Crippen molar-refractivity contribution in [1.82, 2.24) is 29.7 Å². The summed E-state index contributed by atoms with van der Waals surface area (Å²) in [5, 5.41) is 8.01. The second kappa shape index (κ2) is 8.67. The highest BCUT2D eigenvalue weighted by molar-refractivity contribution is 7.91. The molecule has 32 heavy (non-hydrogen) atoms. The Morgan fingerprint density at radius 1 is 1.16 bits per heavy atom. The lowest BCUT2D eigenvalue weighted by Gasteiger charge is -2.23. The molecule has 170 valence electrons. The molecule has 2 atom stereocenters. The highest BCUT2D eigenvalue weighted by atomic mass is 32.2. The smallest absolute Gasteiger partial charge is 0.166 e. The van der Waals surface area contributed by atoms with E-state index in [0.717, 1.165) is 24.1 Å². The summed E-state index contributed by atoms with van der Waals surface area (Å²) in [6.07, 6.45) is 8.46. The van der Waals surface area contributed by atoms with E-state index in [1.54, 1.807) is 38.8 Å². The summed E-state index contributed by atoms with van der Waals surface area (Å²) in [5.41, 5.74) is 1.91. The largest absolute Gasteiger partial charge is 0.382 e. The second-order valence-electron chi connectivity index (χ2n) is 8.56. The van der Waals surface area contributed by atoms with E-state index in [4.69, 9.17) is 4.74 Å².